The topological polar surface area (TPSA) is 89.0 Å². The lowest BCUT2D eigenvalue weighted by atomic mass is 9.93. The number of hydrogen-bond donors (Lipinski definition) is 1. The summed E-state index contributed by atoms with van der Waals surface area (Å²) in [6.07, 6.45) is 0.558. The van der Waals surface area contributed by atoms with E-state index in [2.05, 4.69) is 4.98 Å². The smallest absolute Gasteiger partial charge is 0.290 e. The predicted octanol–water partition coefficient (Wildman–Crippen LogP) is 4.60. The van der Waals surface area contributed by atoms with Crippen molar-refractivity contribution in [3.8, 4) is 11.5 Å². The summed E-state index contributed by atoms with van der Waals surface area (Å²) >= 11 is 1.25. The molecule has 1 amide bonds. The Balaban J connectivity index is 1.83. The Morgan fingerprint density at radius 3 is 2.44 bits per heavy atom. The minimum Gasteiger partial charge on any atom is -0.503 e. The molecule has 1 unspecified atom stereocenters. The largest absolute Gasteiger partial charge is 0.503 e. The number of aromatic nitrogens is 1. The first kappa shape index (κ1) is 23.5. The molecule has 2 heterocycles. The van der Waals surface area contributed by atoms with Crippen molar-refractivity contribution >= 4 is 23.0 Å². The molecule has 0 radical (unpaired) electrons. The summed E-state index contributed by atoms with van der Waals surface area (Å²) in [4.78, 5) is 33.3. The number of aliphatic hydroxyl groups excluding tert-OH is 1. The van der Waals surface area contributed by atoms with E-state index in [0.717, 1.165) is 10.6 Å². The number of hydrogen-bond acceptors (Lipinski definition) is 7. The second kappa shape index (κ2) is 9.69. The highest BCUT2D eigenvalue weighted by molar-refractivity contribution is 7.14. The molecule has 0 fully saturated rings. The molecule has 0 saturated carbocycles. The van der Waals surface area contributed by atoms with Crippen molar-refractivity contribution in [1.82, 2.24) is 9.88 Å². The normalized spacial score (nSPS) is 15.7. The van der Waals surface area contributed by atoms with Gasteiger partial charge in [-0.2, -0.15) is 0 Å². The number of rotatable bonds is 8. The van der Waals surface area contributed by atoms with E-state index in [0.29, 0.717) is 40.6 Å². The van der Waals surface area contributed by atoms with Crippen LogP contribution in [0.5, 0.6) is 11.5 Å². The number of para-hydroxylation sites is 1. The van der Waals surface area contributed by atoms with Gasteiger partial charge in [0.2, 0.25) is 5.78 Å². The zero-order chi connectivity index (χ0) is 24.4. The fraction of sp³-hybridized carbons (Fsp3) is 0.269. The van der Waals surface area contributed by atoms with Crippen molar-refractivity contribution < 1.29 is 24.2 Å². The Hall–Kier alpha value is -3.65. The Morgan fingerprint density at radius 1 is 1.09 bits per heavy atom. The second-order valence-electron chi connectivity index (χ2n) is 7.96. The van der Waals surface area contributed by atoms with Gasteiger partial charge in [0, 0.05) is 12.1 Å². The predicted molar refractivity (Wildman–Crippen MR) is 130 cm³/mol. The molecule has 1 aliphatic rings. The number of aryl methyl sites for hydroxylation is 2. The average molecular weight is 479 g/mol. The van der Waals surface area contributed by atoms with Crippen molar-refractivity contribution in [2.24, 2.45) is 0 Å². The molecule has 0 bridgehead atoms. The first-order valence-corrected chi connectivity index (χ1v) is 11.7. The first-order chi connectivity index (χ1) is 16.4. The van der Waals surface area contributed by atoms with E-state index in [1.807, 2.05) is 37.3 Å². The number of amides is 1. The van der Waals surface area contributed by atoms with Crippen LogP contribution in [-0.4, -0.2) is 47.4 Å². The number of aliphatic hydroxyl groups is 1. The summed E-state index contributed by atoms with van der Waals surface area (Å²) in [5, 5.41) is 11.7. The van der Waals surface area contributed by atoms with Gasteiger partial charge in [0.25, 0.3) is 5.91 Å². The Kier molecular flexibility index (Phi) is 6.70. The first-order valence-electron chi connectivity index (χ1n) is 10.8. The number of thiazole rings is 1. The molecule has 7 nitrogen and oxygen atoms in total. The highest BCUT2D eigenvalue weighted by Gasteiger charge is 2.45. The van der Waals surface area contributed by atoms with Crippen molar-refractivity contribution in [2.45, 2.75) is 26.3 Å². The zero-order valence-electron chi connectivity index (χ0n) is 19.5. The number of benzene rings is 2. The van der Waals surface area contributed by atoms with Gasteiger partial charge in [0.15, 0.2) is 17.3 Å². The molecule has 0 aliphatic carbocycles. The number of carbonyl (C=O) groups excluding carboxylic acids is 2. The molecule has 1 N–H and O–H groups in total. The number of methoxy groups -OCH3 is 2. The van der Waals surface area contributed by atoms with E-state index < -0.39 is 23.5 Å². The van der Waals surface area contributed by atoms with Crippen LogP contribution in [0.1, 0.15) is 37.5 Å². The zero-order valence-corrected chi connectivity index (χ0v) is 20.3. The molecule has 176 valence electrons. The van der Waals surface area contributed by atoms with Crippen LogP contribution in [0.25, 0.3) is 0 Å². The fourth-order valence-electron chi connectivity index (χ4n) is 4.33. The van der Waals surface area contributed by atoms with Gasteiger partial charge >= 0.3 is 0 Å². The molecule has 34 heavy (non-hydrogen) atoms. The van der Waals surface area contributed by atoms with Crippen LogP contribution in [-0.2, 0) is 11.2 Å². The van der Waals surface area contributed by atoms with Gasteiger partial charge < -0.3 is 19.5 Å². The fourth-order valence-corrected chi connectivity index (χ4v) is 5.20. The van der Waals surface area contributed by atoms with E-state index >= 15 is 0 Å². The molecule has 1 aromatic heterocycles. The minimum atomic E-state index is -0.837. The molecule has 0 spiro atoms. The van der Waals surface area contributed by atoms with Crippen LogP contribution in [0.4, 0.5) is 0 Å². The van der Waals surface area contributed by atoms with E-state index in [1.54, 1.807) is 25.1 Å². The van der Waals surface area contributed by atoms with Crippen molar-refractivity contribution in [2.75, 3.05) is 20.8 Å². The van der Waals surface area contributed by atoms with Gasteiger partial charge in [0.05, 0.1) is 41.4 Å². The van der Waals surface area contributed by atoms with E-state index in [4.69, 9.17) is 9.47 Å². The van der Waals surface area contributed by atoms with Crippen molar-refractivity contribution in [3.63, 3.8) is 0 Å². The third kappa shape index (κ3) is 4.17. The minimum absolute atomic E-state index is 0.0244. The van der Waals surface area contributed by atoms with E-state index in [9.17, 15) is 14.7 Å². The van der Waals surface area contributed by atoms with Gasteiger partial charge in [-0.25, -0.2) is 4.98 Å². The molecule has 1 aliphatic heterocycles. The molecule has 2 aromatic carbocycles. The van der Waals surface area contributed by atoms with Crippen LogP contribution in [0, 0.1) is 13.8 Å². The number of Topliss-reactive ketones (excluding diaryl/α,β-unsaturated/α-hetero) is 1. The molecular formula is C26H26N2O5S. The van der Waals surface area contributed by atoms with Gasteiger partial charge in [-0.15, -0.1) is 11.3 Å². The summed E-state index contributed by atoms with van der Waals surface area (Å²) in [6, 6.07) is 14.2. The number of ketones is 1. The van der Waals surface area contributed by atoms with E-state index in [1.165, 1.54) is 30.5 Å². The SMILES string of the molecule is COc1cccc(C2C(C(=O)c3sc(C)nc3C)=C(O)C(=O)N2CCc2ccccc2)c1OC. The third-order valence-corrected chi connectivity index (χ3v) is 6.94. The summed E-state index contributed by atoms with van der Waals surface area (Å²) < 4.78 is 11.1. The van der Waals surface area contributed by atoms with Gasteiger partial charge in [-0.3, -0.25) is 9.59 Å². The van der Waals surface area contributed by atoms with Gasteiger partial charge in [-0.05, 0) is 31.9 Å². The maximum absolute atomic E-state index is 13.7. The summed E-state index contributed by atoms with van der Waals surface area (Å²) in [5.74, 6) is -0.666. The Morgan fingerprint density at radius 2 is 1.82 bits per heavy atom. The molecule has 1 atom stereocenters. The molecule has 4 rings (SSSR count). The summed E-state index contributed by atoms with van der Waals surface area (Å²) in [7, 11) is 3.03. The lowest BCUT2D eigenvalue weighted by Gasteiger charge is -2.28. The number of carbonyl (C=O) groups is 2. The lowest BCUT2D eigenvalue weighted by Crippen LogP contribution is -2.33. The third-order valence-electron chi connectivity index (χ3n) is 5.87. The Labute approximate surface area is 202 Å². The van der Waals surface area contributed by atoms with Crippen LogP contribution < -0.4 is 9.47 Å². The summed E-state index contributed by atoms with van der Waals surface area (Å²) in [6.45, 7) is 3.87. The molecule has 3 aromatic rings. The second-order valence-corrected chi connectivity index (χ2v) is 9.16. The van der Waals surface area contributed by atoms with Crippen LogP contribution in [0.2, 0.25) is 0 Å². The molecule has 8 heteroatoms. The van der Waals surface area contributed by atoms with Crippen LogP contribution in [0.3, 0.4) is 0 Å². The summed E-state index contributed by atoms with van der Waals surface area (Å²) in [5.41, 5.74) is 2.20. The average Bonchev–Trinajstić information content (AvgIpc) is 3.32. The molecule has 0 saturated heterocycles. The highest BCUT2D eigenvalue weighted by Crippen LogP contribution is 2.45. The Bertz CT molecular complexity index is 1270. The number of ether oxygens (including phenoxy) is 2. The highest BCUT2D eigenvalue weighted by atomic mass is 32.1. The van der Waals surface area contributed by atoms with Gasteiger partial charge in [-0.1, -0.05) is 42.5 Å². The maximum Gasteiger partial charge on any atom is 0.290 e. The standard InChI is InChI=1S/C26H26N2O5S/c1-15-25(34-16(2)27-15)22(29)20-21(18-11-8-12-19(32-3)24(18)33-4)28(26(31)23(20)30)14-13-17-9-6-5-7-10-17/h5-12,21,30H,13-14H2,1-4H3. The lowest BCUT2D eigenvalue weighted by molar-refractivity contribution is -0.129. The van der Waals surface area contributed by atoms with Gasteiger partial charge in [0.1, 0.15) is 0 Å². The van der Waals surface area contributed by atoms with Crippen molar-refractivity contribution in [3.05, 3.63) is 86.6 Å². The van der Waals surface area contributed by atoms with Crippen LogP contribution >= 0.6 is 11.3 Å². The quantitative estimate of drug-likeness (QED) is 0.476. The monoisotopic (exact) mass is 478 g/mol. The maximum atomic E-state index is 13.7. The van der Waals surface area contributed by atoms with Crippen LogP contribution in [0.15, 0.2) is 59.9 Å². The number of nitrogens with zero attached hydrogens (tertiary/aromatic N) is 2. The molecular weight excluding hydrogens is 452 g/mol. The van der Waals surface area contributed by atoms with E-state index in [-0.39, 0.29) is 5.57 Å². The van der Waals surface area contributed by atoms with Crippen molar-refractivity contribution in [1.29, 1.82) is 0 Å².